The Bertz CT molecular complexity index is 1010. The number of nitrogens with zero attached hydrogens (tertiary/aromatic N) is 1. The maximum atomic E-state index is 13.2. The van der Waals surface area contributed by atoms with Gasteiger partial charge in [-0.2, -0.15) is 0 Å². The third-order valence-electron chi connectivity index (χ3n) is 6.19. The van der Waals surface area contributed by atoms with Crippen LogP contribution in [0.25, 0.3) is 0 Å². The second-order valence-corrected chi connectivity index (χ2v) is 8.37. The fourth-order valence-corrected chi connectivity index (χ4v) is 5.12. The predicted molar refractivity (Wildman–Crippen MR) is 115 cm³/mol. The Morgan fingerprint density at radius 2 is 1.28 bits per heavy atom. The van der Waals surface area contributed by atoms with Crippen LogP contribution in [0.15, 0.2) is 77.1 Å². The molecule has 0 radical (unpaired) electrons. The van der Waals surface area contributed by atoms with E-state index < -0.39 is 0 Å². The number of allylic oxidation sites excluding steroid dienone is 4. The summed E-state index contributed by atoms with van der Waals surface area (Å²) in [4.78, 5) is 28.6. The maximum absolute atomic E-state index is 13.2. The predicted octanol–water partition coefficient (Wildman–Crippen LogP) is 5.96. The molecule has 0 saturated carbocycles. The van der Waals surface area contributed by atoms with Crippen LogP contribution >= 0.6 is 11.6 Å². The summed E-state index contributed by atoms with van der Waals surface area (Å²) in [5, 5.41) is 0.656. The summed E-state index contributed by atoms with van der Waals surface area (Å²) in [5.41, 5.74) is 5.76. The standard InChI is InChI=1S/C25H22ClNO2/c26-17-14-12-16(13-15-17)23-24-19(8-4-10-21(24)28)27(18-6-2-1-3-7-18)20-9-5-11-22(29)25(20)23/h1-3,6-7,12-15,23H,4-5,8-11H2. The molecule has 0 saturated heterocycles. The van der Waals surface area contributed by atoms with Crippen LogP contribution in [0, 0.1) is 0 Å². The fourth-order valence-electron chi connectivity index (χ4n) is 5.00. The van der Waals surface area contributed by atoms with Crippen molar-refractivity contribution < 1.29 is 9.59 Å². The van der Waals surface area contributed by atoms with Gasteiger partial charge in [0, 0.05) is 52.0 Å². The molecule has 0 amide bonds. The Hall–Kier alpha value is -2.65. The lowest BCUT2D eigenvalue weighted by molar-refractivity contribution is -0.116. The molecule has 29 heavy (non-hydrogen) atoms. The third kappa shape index (κ3) is 3.05. The van der Waals surface area contributed by atoms with Gasteiger partial charge in [-0.15, -0.1) is 0 Å². The molecule has 4 heteroatoms. The van der Waals surface area contributed by atoms with Gasteiger partial charge in [0.25, 0.3) is 0 Å². The summed E-state index contributed by atoms with van der Waals surface area (Å²) in [5.74, 6) is 0.0481. The van der Waals surface area contributed by atoms with Crippen molar-refractivity contribution in [2.24, 2.45) is 0 Å². The molecule has 0 atom stereocenters. The molecule has 0 unspecified atom stereocenters. The zero-order valence-electron chi connectivity index (χ0n) is 16.2. The molecule has 2 aliphatic carbocycles. The molecule has 3 aliphatic rings. The van der Waals surface area contributed by atoms with Crippen LogP contribution in [0.3, 0.4) is 0 Å². The summed E-state index contributed by atoms with van der Waals surface area (Å²) < 4.78 is 0. The minimum absolute atomic E-state index is 0.164. The van der Waals surface area contributed by atoms with E-state index in [9.17, 15) is 9.59 Å². The Kier molecular flexibility index (Phi) is 4.63. The Morgan fingerprint density at radius 1 is 0.724 bits per heavy atom. The molecule has 1 aliphatic heterocycles. The van der Waals surface area contributed by atoms with Gasteiger partial charge in [-0.25, -0.2) is 0 Å². The third-order valence-corrected chi connectivity index (χ3v) is 6.44. The number of Topliss-reactive ketones (excluding diaryl/α,β-unsaturated/α-hetero) is 2. The first-order valence-electron chi connectivity index (χ1n) is 10.3. The average Bonchev–Trinajstić information content (AvgIpc) is 2.74. The van der Waals surface area contributed by atoms with E-state index in [-0.39, 0.29) is 17.5 Å². The van der Waals surface area contributed by atoms with E-state index in [1.165, 1.54) is 0 Å². The number of rotatable bonds is 2. The molecule has 0 spiro atoms. The van der Waals surface area contributed by atoms with Crippen molar-refractivity contribution in [3.63, 3.8) is 0 Å². The van der Waals surface area contributed by atoms with Crippen molar-refractivity contribution in [2.45, 2.75) is 44.4 Å². The van der Waals surface area contributed by atoms with Crippen molar-refractivity contribution in [2.75, 3.05) is 4.90 Å². The lowest BCUT2D eigenvalue weighted by Gasteiger charge is -2.44. The largest absolute Gasteiger partial charge is 0.317 e. The van der Waals surface area contributed by atoms with Crippen LogP contribution in [0.2, 0.25) is 5.02 Å². The number of carbonyl (C=O) groups is 2. The first kappa shape index (κ1) is 18.4. The van der Waals surface area contributed by atoms with Gasteiger partial charge in [-0.3, -0.25) is 9.59 Å². The first-order valence-corrected chi connectivity index (χ1v) is 10.7. The zero-order chi connectivity index (χ0) is 20.0. The van der Waals surface area contributed by atoms with Gasteiger partial charge in [0.05, 0.1) is 0 Å². The van der Waals surface area contributed by atoms with E-state index >= 15 is 0 Å². The van der Waals surface area contributed by atoms with Crippen LogP contribution in [0.4, 0.5) is 5.69 Å². The number of hydrogen-bond donors (Lipinski definition) is 0. The quantitative estimate of drug-likeness (QED) is 0.621. The fraction of sp³-hybridized carbons (Fsp3) is 0.280. The smallest absolute Gasteiger partial charge is 0.161 e. The molecule has 2 aromatic rings. The normalized spacial score (nSPS) is 20.1. The van der Waals surface area contributed by atoms with Crippen LogP contribution in [-0.4, -0.2) is 11.6 Å². The van der Waals surface area contributed by atoms with Crippen LogP contribution in [0.1, 0.15) is 50.0 Å². The SMILES string of the molecule is O=C1CCCC2=C1C(c1ccc(Cl)cc1)C1=C(CCCC1=O)N2c1ccccc1. The van der Waals surface area contributed by atoms with Gasteiger partial charge < -0.3 is 4.90 Å². The van der Waals surface area contributed by atoms with E-state index in [0.717, 1.165) is 59.5 Å². The van der Waals surface area contributed by atoms with Crippen LogP contribution in [0.5, 0.6) is 0 Å². The zero-order valence-corrected chi connectivity index (χ0v) is 16.9. The average molecular weight is 404 g/mol. The van der Waals surface area contributed by atoms with Crippen LogP contribution < -0.4 is 4.90 Å². The highest BCUT2D eigenvalue weighted by Crippen LogP contribution is 2.50. The summed E-state index contributed by atoms with van der Waals surface area (Å²) in [7, 11) is 0. The molecular formula is C25H22ClNO2. The van der Waals surface area contributed by atoms with Gasteiger partial charge in [0.15, 0.2) is 11.6 Å². The second kappa shape index (κ2) is 7.31. The summed E-state index contributed by atoms with van der Waals surface area (Å²) in [6.45, 7) is 0. The molecule has 3 nitrogen and oxygen atoms in total. The Labute approximate surface area is 175 Å². The molecule has 0 aromatic heterocycles. The van der Waals surface area contributed by atoms with Crippen molar-refractivity contribution in [1.29, 1.82) is 0 Å². The number of ketones is 2. The minimum atomic E-state index is -0.280. The maximum Gasteiger partial charge on any atom is 0.161 e. The van der Waals surface area contributed by atoms with Gasteiger partial charge in [0.2, 0.25) is 0 Å². The van der Waals surface area contributed by atoms with E-state index in [0.29, 0.717) is 17.9 Å². The van der Waals surface area contributed by atoms with Crippen molar-refractivity contribution in [1.82, 2.24) is 0 Å². The summed E-state index contributed by atoms with van der Waals surface area (Å²) in [6, 6.07) is 17.8. The molecule has 0 fully saturated rings. The Balaban J connectivity index is 1.78. The van der Waals surface area contributed by atoms with Gasteiger partial charge >= 0.3 is 0 Å². The van der Waals surface area contributed by atoms with Crippen molar-refractivity contribution in [3.05, 3.63) is 87.7 Å². The highest BCUT2D eigenvalue weighted by Gasteiger charge is 2.43. The van der Waals surface area contributed by atoms with Crippen molar-refractivity contribution >= 4 is 28.9 Å². The van der Waals surface area contributed by atoms with E-state index in [1.807, 2.05) is 42.5 Å². The van der Waals surface area contributed by atoms with E-state index in [4.69, 9.17) is 11.6 Å². The number of halogens is 1. The van der Waals surface area contributed by atoms with E-state index in [2.05, 4.69) is 17.0 Å². The van der Waals surface area contributed by atoms with E-state index in [1.54, 1.807) is 0 Å². The van der Waals surface area contributed by atoms with Gasteiger partial charge in [-0.1, -0.05) is 41.9 Å². The lowest BCUT2D eigenvalue weighted by Crippen LogP contribution is -2.39. The van der Waals surface area contributed by atoms with Gasteiger partial charge in [0.1, 0.15) is 0 Å². The number of para-hydroxylation sites is 1. The molecule has 0 N–H and O–H groups in total. The Morgan fingerprint density at radius 3 is 1.83 bits per heavy atom. The first-order chi connectivity index (χ1) is 14.1. The number of anilines is 1. The molecule has 1 heterocycles. The number of benzene rings is 2. The molecule has 146 valence electrons. The van der Waals surface area contributed by atoms with Gasteiger partial charge in [-0.05, 0) is 55.5 Å². The highest BCUT2D eigenvalue weighted by atomic mass is 35.5. The monoisotopic (exact) mass is 403 g/mol. The van der Waals surface area contributed by atoms with Crippen LogP contribution in [-0.2, 0) is 9.59 Å². The lowest BCUT2D eigenvalue weighted by atomic mass is 9.71. The molecule has 0 bridgehead atoms. The van der Waals surface area contributed by atoms with Crippen molar-refractivity contribution in [3.8, 4) is 0 Å². The highest BCUT2D eigenvalue weighted by molar-refractivity contribution is 6.30. The number of carbonyl (C=O) groups excluding carboxylic acids is 2. The summed E-state index contributed by atoms with van der Waals surface area (Å²) >= 11 is 6.12. The molecular weight excluding hydrogens is 382 g/mol. The minimum Gasteiger partial charge on any atom is -0.317 e. The number of hydrogen-bond acceptors (Lipinski definition) is 3. The topological polar surface area (TPSA) is 37.4 Å². The molecule has 5 rings (SSSR count). The second-order valence-electron chi connectivity index (χ2n) is 7.93. The summed E-state index contributed by atoms with van der Waals surface area (Å²) in [6.07, 6.45) is 4.50. The molecule has 2 aromatic carbocycles.